The van der Waals surface area contributed by atoms with Crippen molar-refractivity contribution in [1.29, 1.82) is 0 Å². The molecule has 1 N–H and O–H groups in total. The second-order valence-corrected chi connectivity index (χ2v) is 6.21. The number of benzene rings is 2. The first-order valence-corrected chi connectivity index (χ1v) is 7.69. The first-order chi connectivity index (χ1) is 11.7. The van der Waals surface area contributed by atoms with Gasteiger partial charge in [-0.25, -0.2) is 0 Å². The molecule has 5 heteroatoms. The summed E-state index contributed by atoms with van der Waals surface area (Å²) in [4.78, 5) is 27.1. The van der Waals surface area contributed by atoms with Crippen molar-refractivity contribution in [3.05, 3.63) is 71.3 Å². The molecule has 2 aromatic carbocycles. The molecule has 0 unspecified atom stereocenters. The minimum Gasteiger partial charge on any atom is -0.411 e. The van der Waals surface area contributed by atoms with Crippen molar-refractivity contribution in [1.82, 2.24) is 0 Å². The Hall–Kier alpha value is -3.21. The molecule has 5 rings (SSSR count). The SMILES string of the molecule is O=C1C=C2c3ccccc3N3C(=O)c4ccccc4[C@@]23C/C1=N\O. The van der Waals surface area contributed by atoms with Gasteiger partial charge in [-0.05, 0) is 29.3 Å². The Labute approximate surface area is 137 Å². The van der Waals surface area contributed by atoms with Crippen molar-refractivity contribution >= 4 is 28.7 Å². The number of amides is 1. The van der Waals surface area contributed by atoms with E-state index < -0.39 is 5.54 Å². The summed E-state index contributed by atoms with van der Waals surface area (Å²) >= 11 is 0. The van der Waals surface area contributed by atoms with Crippen molar-refractivity contribution < 1.29 is 14.8 Å². The number of anilines is 1. The van der Waals surface area contributed by atoms with Crippen LogP contribution in [-0.4, -0.2) is 22.6 Å². The molecule has 0 fully saturated rings. The van der Waals surface area contributed by atoms with Gasteiger partial charge in [0.25, 0.3) is 5.91 Å². The largest absolute Gasteiger partial charge is 0.411 e. The van der Waals surface area contributed by atoms with Gasteiger partial charge < -0.3 is 5.21 Å². The molecule has 1 spiro atoms. The number of ketones is 1. The molecule has 5 nitrogen and oxygen atoms in total. The quantitative estimate of drug-likeness (QED) is 0.600. The lowest BCUT2D eigenvalue weighted by Gasteiger charge is -2.36. The normalized spacial score (nSPS) is 25.2. The number of fused-ring (bicyclic) bond motifs is 4. The van der Waals surface area contributed by atoms with E-state index in [0.29, 0.717) is 5.56 Å². The van der Waals surface area contributed by atoms with Crippen molar-refractivity contribution in [2.75, 3.05) is 4.90 Å². The van der Waals surface area contributed by atoms with Crippen LogP contribution in [0.3, 0.4) is 0 Å². The lowest BCUT2D eigenvalue weighted by Crippen LogP contribution is -2.45. The molecule has 0 radical (unpaired) electrons. The van der Waals surface area contributed by atoms with Gasteiger partial charge >= 0.3 is 0 Å². The van der Waals surface area contributed by atoms with Crippen LogP contribution in [0.15, 0.2) is 59.8 Å². The first-order valence-electron chi connectivity index (χ1n) is 7.69. The molecule has 0 aromatic heterocycles. The monoisotopic (exact) mass is 316 g/mol. The molecule has 1 aliphatic carbocycles. The van der Waals surface area contributed by atoms with Crippen LogP contribution in [0.4, 0.5) is 5.69 Å². The highest BCUT2D eigenvalue weighted by Crippen LogP contribution is 2.60. The van der Waals surface area contributed by atoms with E-state index in [0.717, 1.165) is 22.4 Å². The minimum absolute atomic E-state index is 0.0704. The van der Waals surface area contributed by atoms with Gasteiger partial charge in [0.2, 0.25) is 5.78 Å². The van der Waals surface area contributed by atoms with Gasteiger partial charge in [0.05, 0.1) is 5.69 Å². The number of carbonyl (C=O) groups excluding carboxylic acids is 2. The van der Waals surface area contributed by atoms with Gasteiger partial charge in [-0.2, -0.15) is 0 Å². The summed E-state index contributed by atoms with van der Waals surface area (Å²) in [5, 5.41) is 12.5. The Kier molecular flexibility index (Phi) is 2.32. The van der Waals surface area contributed by atoms with E-state index >= 15 is 0 Å². The molecule has 0 saturated heterocycles. The zero-order valence-electron chi connectivity index (χ0n) is 12.6. The molecule has 1 amide bonds. The third kappa shape index (κ3) is 1.29. The maximum Gasteiger partial charge on any atom is 0.259 e. The van der Waals surface area contributed by atoms with Gasteiger partial charge in [0.15, 0.2) is 0 Å². The highest BCUT2D eigenvalue weighted by molar-refractivity contribution is 6.48. The Balaban J connectivity index is 1.92. The molecule has 0 saturated carbocycles. The van der Waals surface area contributed by atoms with Crippen LogP contribution < -0.4 is 4.90 Å². The maximum absolute atomic E-state index is 13.1. The van der Waals surface area contributed by atoms with E-state index in [9.17, 15) is 14.8 Å². The smallest absolute Gasteiger partial charge is 0.259 e. The number of oxime groups is 1. The third-order valence-electron chi connectivity index (χ3n) is 5.17. The van der Waals surface area contributed by atoms with Crippen molar-refractivity contribution in [3.8, 4) is 0 Å². The van der Waals surface area contributed by atoms with Crippen molar-refractivity contribution in [2.45, 2.75) is 12.0 Å². The summed E-state index contributed by atoms with van der Waals surface area (Å²) in [6.07, 6.45) is 1.68. The topological polar surface area (TPSA) is 70.0 Å². The summed E-state index contributed by atoms with van der Waals surface area (Å²) in [6.45, 7) is 0. The average molecular weight is 316 g/mol. The average Bonchev–Trinajstić information content (AvgIpc) is 3.03. The van der Waals surface area contributed by atoms with Crippen LogP contribution in [0.25, 0.3) is 5.57 Å². The second kappa shape index (κ2) is 4.20. The van der Waals surface area contributed by atoms with E-state index in [-0.39, 0.29) is 23.8 Å². The fourth-order valence-corrected chi connectivity index (χ4v) is 4.24. The zero-order chi connectivity index (χ0) is 16.5. The van der Waals surface area contributed by atoms with Crippen LogP contribution in [0, 0.1) is 0 Å². The van der Waals surface area contributed by atoms with Crippen LogP contribution in [0.5, 0.6) is 0 Å². The summed E-state index contributed by atoms with van der Waals surface area (Å²) < 4.78 is 0. The number of carbonyl (C=O) groups is 2. The molecule has 2 aliphatic heterocycles. The molecule has 24 heavy (non-hydrogen) atoms. The number of para-hydroxylation sites is 1. The zero-order valence-corrected chi connectivity index (χ0v) is 12.6. The second-order valence-electron chi connectivity index (χ2n) is 6.21. The van der Waals surface area contributed by atoms with Gasteiger partial charge in [-0.3, -0.25) is 14.5 Å². The molecular formula is C19H12N2O3. The Morgan fingerprint density at radius 3 is 2.50 bits per heavy atom. The fraction of sp³-hybridized carbons (Fsp3) is 0.105. The lowest BCUT2D eigenvalue weighted by atomic mass is 9.74. The first kappa shape index (κ1) is 13.2. The molecule has 1 atom stereocenters. The number of allylic oxidation sites excluding steroid dienone is 1. The van der Waals surface area contributed by atoms with Crippen LogP contribution in [0.2, 0.25) is 0 Å². The predicted molar refractivity (Wildman–Crippen MR) is 88.2 cm³/mol. The Morgan fingerprint density at radius 2 is 1.71 bits per heavy atom. The summed E-state index contributed by atoms with van der Waals surface area (Å²) in [5.41, 5.74) is 3.22. The van der Waals surface area contributed by atoms with Gasteiger partial charge in [-0.15, -0.1) is 0 Å². The highest BCUT2D eigenvalue weighted by atomic mass is 16.4. The van der Waals surface area contributed by atoms with Crippen molar-refractivity contribution in [3.63, 3.8) is 0 Å². The summed E-state index contributed by atoms with van der Waals surface area (Å²) in [7, 11) is 0. The Morgan fingerprint density at radius 1 is 1.00 bits per heavy atom. The molecular weight excluding hydrogens is 304 g/mol. The lowest BCUT2D eigenvalue weighted by molar-refractivity contribution is -0.109. The highest BCUT2D eigenvalue weighted by Gasteiger charge is 2.60. The summed E-state index contributed by atoms with van der Waals surface area (Å²) in [6, 6.07) is 15.0. The van der Waals surface area contributed by atoms with E-state index in [4.69, 9.17) is 0 Å². The molecule has 2 aromatic rings. The van der Waals surface area contributed by atoms with Gasteiger partial charge in [0, 0.05) is 17.5 Å². The van der Waals surface area contributed by atoms with E-state index in [1.807, 2.05) is 42.5 Å². The molecule has 2 heterocycles. The molecule has 3 aliphatic rings. The Bertz CT molecular complexity index is 1010. The number of hydrogen-bond donors (Lipinski definition) is 1. The molecule has 0 bridgehead atoms. The number of nitrogens with zero attached hydrogens (tertiary/aromatic N) is 2. The fourth-order valence-electron chi connectivity index (χ4n) is 4.24. The van der Waals surface area contributed by atoms with Crippen LogP contribution in [-0.2, 0) is 10.3 Å². The molecule has 116 valence electrons. The van der Waals surface area contributed by atoms with Crippen LogP contribution in [0.1, 0.15) is 27.9 Å². The van der Waals surface area contributed by atoms with E-state index in [1.54, 1.807) is 11.0 Å². The third-order valence-corrected chi connectivity index (χ3v) is 5.17. The number of hydrogen-bond acceptors (Lipinski definition) is 4. The van der Waals surface area contributed by atoms with Gasteiger partial charge in [0.1, 0.15) is 11.3 Å². The maximum atomic E-state index is 13.1. The minimum atomic E-state index is -0.799. The standard InChI is InChI=1S/C19H12N2O3/c22-17-9-14-11-5-2-4-8-16(11)21-18(23)12-6-1-3-7-13(12)19(14,21)10-15(17)20-24/h1-9,24H,10H2/b20-15+/t19-/m0/s1. The number of rotatable bonds is 0. The van der Waals surface area contributed by atoms with Crippen molar-refractivity contribution in [2.24, 2.45) is 5.16 Å². The van der Waals surface area contributed by atoms with E-state index in [1.165, 1.54) is 6.08 Å². The van der Waals surface area contributed by atoms with E-state index in [2.05, 4.69) is 5.16 Å². The van der Waals surface area contributed by atoms with Crippen LogP contribution >= 0.6 is 0 Å². The summed E-state index contributed by atoms with van der Waals surface area (Å²) in [5.74, 6) is -0.403. The predicted octanol–water partition coefficient (Wildman–Crippen LogP) is 2.74. The van der Waals surface area contributed by atoms with Gasteiger partial charge in [-0.1, -0.05) is 41.6 Å².